The smallest absolute Gasteiger partial charge is 0.281 e. The zero-order valence-corrected chi connectivity index (χ0v) is 22.3. The van der Waals surface area contributed by atoms with Gasteiger partial charge in [-0.05, 0) is 42.0 Å². The Morgan fingerprint density at radius 2 is 1.72 bits per heavy atom. The van der Waals surface area contributed by atoms with Crippen LogP contribution in [-0.4, -0.2) is 57.2 Å². The van der Waals surface area contributed by atoms with E-state index in [0.29, 0.717) is 5.75 Å². The molecule has 3 aromatic rings. The summed E-state index contributed by atoms with van der Waals surface area (Å²) in [5, 5.41) is 27.4. The van der Waals surface area contributed by atoms with Crippen LogP contribution in [0.15, 0.2) is 68.4 Å². The van der Waals surface area contributed by atoms with E-state index in [1.165, 1.54) is 31.4 Å². The molecule has 3 rings (SSSR count). The summed E-state index contributed by atoms with van der Waals surface area (Å²) >= 11 is 0. The highest BCUT2D eigenvalue weighted by molar-refractivity contribution is 7.89. The summed E-state index contributed by atoms with van der Waals surface area (Å²) in [5.74, 6) is 0.206. The number of azo groups is 1. The second-order valence-corrected chi connectivity index (χ2v) is 9.92. The number of pyridine rings is 1. The number of nitrogens with zero attached hydrogens (tertiary/aromatic N) is 3. The molecule has 0 aliphatic rings. The molecule has 39 heavy (non-hydrogen) atoms. The number of aromatic hydroxyl groups is 1. The first-order chi connectivity index (χ1) is 18.7. The molecule has 0 bridgehead atoms. The van der Waals surface area contributed by atoms with Crippen LogP contribution in [0.25, 0.3) is 0 Å². The lowest BCUT2D eigenvalue weighted by atomic mass is 10.2. The third-order valence-corrected chi connectivity index (χ3v) is 6.99. The van der Waals surface area contributed by atoms with Crippen LogP contribution in [0.5, 0.6) is 11.6 Å². The maximum atomic E-state index is 13.1. The van der Waals surface area contributed by atoms with Gasteiger partial charge in [0.2, 0.25) is 15.9 Å². The molecule has 0 aliphatic heterocycles. The maximum Gasteiger partial charge on any atom is 0.281 e. The molecule has 13 nitrogen and oxygen atoms in total. The molecule has 5 N–H and O–H groups in total. The minimum atomic E-state index is -3.80. The van der Waals surface area contributed by atoms with Crippen molar-refractivity contribution < 1.29 is 32.8 Å². The number of hydrogen-bond donors (Lipinski definition) is 4. The molecular formula is C25H31N5O8S. The minimum Gasteiger partial charge on any atom is -0.497 e. The van der Waals surface area contributed by atoms with Crippen molar-refractivity contribution in [1.82, 2.24) is 9.29 Å². The predicted molar refractivity (Wildman–Crippen MR) is 143 cm³/mol. The number of nitrogens with two attached hydrogens (primary N) is 1. The highest BCUT2D eigenvalue weighted by Crippen LogP contribution is 2.31. The van der Waals surface area contributed by atoms with Crippen molar-refractivity contribution in [2.75, 3.05) is 39.8 Å². The van der Waals surface area contributed by atoms with Crippen LogP contribution in [0.2, 0.25) is 0 Å². The minimum absolute atomic E-state index is 0.0224. The number of sulfonamides is 1. The van der Waals surface area contributed by atoms with Gasteiger partial charge in [-0.3, -0.25) is 9.36 Å². The molecule has 1 aromatic heterocycles. The number of nitrogen functional groups attached to an aromatic ring is 1. The van der Waals surface area contributed by atoms with Crippen LogP contribution in [0.3, 0.4) is 0 Å². The second kappa shape index (κ2) is 13.8. The standard InChI is InChI=1S/C25H31N5O8S/c1-36-16-21-22(26)24(32)30(11-13-38-14-12-31)25(33)23(21)29-28-18-5-9-20(10-6-18)39(34,35)27-15-17-3-7-19(37-2)8-4-17/h3-10,27,31-32H,11-16,26H2,1-2H3. The van der Waals surface area contributed by atoms with E-state index in [-0.39, 0.29) is 67.0 Å². The average Bonchev–Trinajstić information content (AvgIpc) is 2.94. The summed E-state index contributed by atoms with van der Waals surface area (Å²) in [6.45, 7) is -0.134. The maximum absolute atomic E-state index is 13.1. The van der Waals surface area contributed by atoms with Crippen molar-refractivity contribution in [3.05, 3.63) is 70.0 Å². The van der Waals surface area contributed by atoms with E-state index in [1.54, 1.807) is 31.4 Å². The number of hydrogen-bond acceptors (Lipinski definition) is 11. The van der Waals surface area contributed by atoms with E-state index < -0.39 is 21.5 Å². The Morgan fingerprint density at radius 1 is 1.03 bits per heavy atom. The van der Waals surface area contributed by atoms with Gasteiger partial charge in [-0.1, -0.05) is 12.1 Å². The van der Waals surface area contributed by atoms with E-state index >= 15 is 0 Å². The number of aliphatic hydroxyl groups is 1. The third kappa shape index (κ3) is 7.61. The summed E-state index contributed by atoms with van der Waals surface area (Å²) in [6, 6.07) is 12.6. The van der Waals surface area contributed by atoms with Gasteiger partial charge in [-0.25, -0.2) is 13.1 Å². The number of benzene rings is 2. The van der Waals surface area contributed by atoms with Crippen LogP contribution in [0.4, 0.5) is 17.1 Å². The number of anilines is 1. The number of aliphatic hydroxyl groups excluding tert-OH is 1. The average molecular weight is 562 g/mol. The number of ether oxygens (including phenoxy) is 3. The SMILES string of the molecule is COCc1c(N)c(O)n(CCOCCO)c(=O)c1N=Nc1ccc(S(=O)(=O)NCc2ccc(OC)cc2)cc1. The van der Waals surface area contributed by atoms with E-state index in [4.69, 9.17) is 25.1 Å². The van der Waals surface area contributed by atoms with Crippen molar-refractivity contribution in [3.63, 3.8) is 0 Å². The molecule has 0 saturated heterocycles. The second-order valence-electron chi connectivity index (χ2n) is 8.16. The number of rotatable bonds is 14. The molecule has 1 heterocycles. The number of nitrogens with one attached hydrogen (secondary N) is 1. The van der Waals surface area contributed by atoms with Crippen LogP contribution >= 0.6 is 0 Å². The van der Waals surface area contributed by atoms with Gasteiger partial charge in [0, 0.05) is 19.2 Å². The molecule has 0 saturated carbocycles. The normalized spacial score (nSPS) is 11.8. The summed E-state index contributed by atoms with van der Waals surface area (Å²) in [4.78, 5) is 13.1. The highest BCUT2D eigenvalue weighted by Gasteiger charge is 2.20. The molecule has 0 fully saturated rings. The molecular weight excluding hydrogens is 530 g/mol. The molecule has 0 unspecified atom stereocenters. The third-order valence-electron chi connectivity index (χ3n) is 5.58. The lowest BCUT2D eigenvalue weighted by Crippen LogP contribution is -2.25. The van der Waals surface area contributed by atoms with Gasteiger partial charge in [-0.15, -0.1) is 5.11 Å². The van der Waals surface area contributed by atoms with Crippen molar-refractivity contribution >= 4 is 27.1 Å². The molecule has 210 valence electrons. The molecule has 2 aromatic carbocycles. The van der Waals surface area contributed by atoms with Crippen LogP contribution in [0.1, 0.15) is 11.1 Å². The summed E-state index contributed by atoms with van der Waals surface area (Å²) in [6.07, 6.45) is 0. The Hall–Kier alpha value is -3.82. The van der Waals surface area contributed by atoms with Crippen LogP contribution in [-0.2, 0) is 39.2 Å². The van der Waals surface area contributed by atoms with Crippen molar-refractivity contribution in [1.29, 1.82) is 0 Å². The molecule has 0 radical (unpaired) electrons. The first-order valence-corrected chi connectivity index (χ1v) is 13.3. The van der Waals surface area contributed by atoms with Gasteiger partial charge < -0.3 is 30.2 Å². The fraction of sp³-hybridized carbons (Fsp3) is 0.320. The lowest BCUT2D eigenvalue weighted by Gasteiger charge is -2.15. The van der Waals surface area contributed by atoms with Gasteiger partial charge in [0.15, 0.2) is 5.69 Å². The first-order valence-electron chi connectivity index (χ1n) is 11.8. The largest absolute Gasteiger partial charge is 0.497 e. The lowest BCUT2D eigenvalue weighted by molar-refractivity contribution is 0.0854. The van der Waals surface area contributed by atoms with E-state index in [0.717, 1.165) is 10.1 Å². The Kier molecular flexibility index (Phi) is 10.5. The van der Waals surface area contributed by atoms with Crippen LogP contribution in [0, 0.1) is 0 Å². The first kappa shape index (κ1) is 29.7. The zero-order chi connectivity index (χ0) is 28.4. The molecule has 0 atom stereocenters. The fourth-order valence-electron chi connectivity index (χ4n) is 3.49. The Balaban J connectivity index is 1.80. The topological polar surface area (TPSA) is 187 Å². The van der Waals surface area contributed by atoms with Crippen molar-refractivity contribution in [2.24, 2.45) is 10.2 Å². The van der Waals surface area contributed by atoms with Crippen LogP contribution < -0.4 is 20.8 Å². The summed E-state index contributed by atoms with van der Waals surface area (Å²) < 4.78 is 44.3. The van der Waals surface area contributed by atoms with Crippen molar-refractivity contribution in [3.8, 4) is 11.6 Å². The van der Waals surface area contributed by atoms with Gasteiger partial charge in [0.25, 0.3) is 5.56 Å². The van der Waals surface area contributed by atoms with E-state index in [9.17, 15) is 18.3 Å². The highest BCUT2D eigenvalue weighted by atomic mass is 32.2. The zero-order valence-electron chi connectivity index (χ0n) is 21.5. The van der Waals surface area contributed by atoms with Gasteiger partial charge >= 0.3 is 0 Å². The number of methoxy groups -OCH3 is 2. The fourth-order valence-corrected chi connectivity index (χ4v) is 4.51. The van der Waals surface area contributed by atoms with Gasteiger partial charge in [-0.2, -0.15) is 5.11 Å². The summed E-state index contributed by atoms with van der Waals surface area (Å²) in [7, 11) is -0.858. The van der Waals surface area contributed by atoms with E-state index in [1.807, 2.05) is 0 Å². The molecule has 14 heteroatoms. The predicted octanol–water partition coefficient (Wildman–Crippen LogP) is 2.19. The monoisotopic (exact) mass is 561 g/mol. The van der Waals surface area contributed by atoms with Gasteiger partial charge in [0.1, 0.15) is 11.4 Å². The molecule has 0 aliphatic carbocycles. The Labute approximate surface area is 225 Å². The quantitative estimate of drug-likeness (QED) is 0.169. The van der Waals surface area contributed by atoms with Crippen molar-refractivity contribution in [2.45, 2.75) is 24.6 Å². The van der Waals surface area contributed by atoms with Gasteiger partial charge in [0.05, 0.1) is 50.7 Å². The Morgan fingerprint density at radius 3 is 2.33 bits per heavy atom. The Bertz CT molecular complexity index is 1440. The molecule has 0 spiro atoms. The number of aromatic nitrogens is 1. The van der Waals surface area contributed by atoms with E-state index in [2.05, 4.69) is 15.0 Å². The summed E-state index contributed by atoms with van der Waals surface area (Å²) in [5.41, 5.74) is 6.30. The molecule has 0 amide bonds.